The first-order valence-corrected chi connectivity index (χ1v) is 15.4. The van der Waals surface area contributed by atoms with E-state index in [1.165, 1.54) is 47.9 Å². The fraction of sp³-hybridized carbons (Fsp3) is 0.312. The summed E-state index contributed by atoms with van der Waals surface area (Å²) < 4.78 is 43.3. The highest BCUT2D eigenvalue weighted by atomic mass is 32.1. The number of urea groups is 1. The zero-order valence-corrected chi connectivity index (χ0v) is 25.2. The Kier molecular flexibility index (Phi) is 10.1. The van der Waals surface area contributed by atoms with Gasteiger partial charge in [0.2, 0.25) is 0 Å². The number of halogens is 3. The molecule has 0 unspecified atom stereocenters. The van der Waals surface area contributed by atoms with Crippen LogP contribution in [0.15, 0.2) is 66.7 Å². The molecule has 3 amide bonds. The summed E-state index contributed by atoms with van der Waals surface area (Å²) in [5.41, 5.74) is 2.60. The second-order valence-electron chi connectivity index (χ2n) is 10.9. The largest absolute Gasteiger partial charge is 0.573 e. The van der Waals surface area contributed by atoms with Crippen LogP contribution in [-0.4, -0.2) is 52.1 Å². The number of hydrogen-bond donors (Lipinski definition) is 4. The van der Waals surface area contributed by atoms with Gasteiger partial charge in [-0.3, -0.25) is 15.0 Å². The Labute approximate surface area is 265 Å². The van der Waals surface area contributed by atoms with Gasteiger partial charge in [-0.05, 0) is 66.3 Å². The minimum atomic E-state index is -4.90. The van der Waals surface area contributed by atoms with Crippen LogP contribution in [0.5, 0.6) is 5.75 Å². The maximum absolute atomic E-state index is 13.7. The van der Waals surface area contributed by atoms with E-state index >= 15 is 0 Å². The lowest BCUT2D eigenvalue weighted by Crippen LogP contribution is -2.36. The molecule has 1 heterocycles. The predicted molar refractivity (Wildman–Crippen MR) is 166 cm³/mol. The molecule has 0 spiro atoms. The van der Waals surface area contributed by atoms with E-state index < -0.39 is 42.7 Å². The maximum Gasteiger partial charge on any atom is 0.573 e. The molecular weight excluding hydrogens is 625 g/mol. The third kappa shape index (κ3) is 8.31. The average Bonchev–Trinajstić information content (AvgIpc) is 3.46. The first-order valence-electron chi connectivity index (χ1n) is 14.6. The van der Waals surface area contributed by atoms with Gasteiger partial charge in [-0.15, -0.1) is 13.2 Å². The summed E-state index contributed by atoms with van der Waals surface area (Å²) >= 11 is 1.00. The molecule has 1 fully saturated rings. The number of thiazole rings is 1. The van der Waals surface area contributed by atoms with Gasteiger partial charge in [0.05, 0.1) is 17.8 Å². The smallest absolute Gasteiger partial charge is 0.479 e. The highest BCUT2D eigenvalue weighted by Gasteiger charge is 2.32. The Morgan fingerprint density at radius 1 is 1.00 bits per heavy atom. The van der Waals surface area contributed by atoms with E-state index in [2.05, 4.69) is 20.4 Å². The van der Waals surface area contributed by atoms with E-state index in [0.717, 1.165) is 30.2 Å². The zero-order valence-electron chi connectivity index (χ0n) is 24.4. The fourth-order valence-electron chi connectivity index (χ4n) is 5.31. The Morgan fingerprint density at radius 3 is 2.35 bits per heavy atom. The Morgan fingerprint density at radius 2 is 1.70 bits per heavy atom. The number of ether oxygens (including phenoxy) is 1. The first kappa shape index (κ1) is 32.7. The molecule has 46 heavy (non-hydrogen) atoms. The fourth-order valence-corrected chi connectivity index (χ4v) is 6.18. The van der Waals surface area contributed by atoms with E-state index in [9.17, 15) is 32.7 Å². The second-order valence-corrected chi connectivity index (χ2v) is 11.9. The number of hydrogen-bond acceptors (Lipinski definition) is 7. The van der Waals surface area contributed by atoms with Crippen LogP contribution in [0.1, 0.15) is 59.5 Å². The van der Waals surface area contributed by atoms with Gasteiger partial charge in [0, 0.05) is 11.3 Å². The van der Waals surface area contributed by atoms with Crippen molar-refractivity contribution in [2.24, 2.45) is 0 Å². The number of anilines is 2. The van der Waals surface area contributed by atoms with Crippen LogP contribution >= 0.6 is 11.3 Å². The van der Waals surface area contributed by atoms with Crippen molar-refractivity contribution in [3.8, 4) is 5.75 Å². The average molecular weight is 657 g/mol. The molecule has 4 N–H and O–H groups in total. The van der Waals surface area contributed by atoms with Crippen LogP contribution in [-0.2, 0) is 11.3 Å². The molecule has 3 aromatic carbocycles. The number of aliphatic hydroxyl groups excluding tert-OH is 1. The number of rotatable bonds is 10. The number of para-hydroxylation sites is 1. The van der Waals surface area contributed by atoms with Gasteiger partial charge < -0.3 is 20.3 Å². The lowest BCUT2D eigenvalue weighted by Gasteiger charge is -2.25. The molecule has 4 aromatic rings. The van der Waals surface area contributed by atoms with Crippen molar-refractivity contribution in [1.29, 1.82) is 0 Å². The first-order chi connectivity index (χ1) is 22.0. The predicted octanol–water partition coefficient (Wildman–Crippen LogP) is 6.66. The van der Waals surface area contributed by atoms with Gasteiger partial charge >= 0.3 is 18.4 Å². The van der Waals surface area contributed by atoms with Crippen LogP contribution < -0.4 is 20.3 Å². The van der Waals surface area contributed by atoms with Crippen molar-refractivity contribution in [1.82, 2.24) is 10.3 Å². The van der Waals surface area contributed by atoms with Gasteiger partial charge in [-0.2, -0.15) is 0 Å². The molecule has 0 saturated heterocycles. The number of alkyl halides is 3. The normalized spacial score (nSPS) is 14.4. The number of carboxylic acid groups (broad SMARTS) is 1. The van der Waals surface area contributed by atoms with Gasteiger partial charge in [-0.25, -0.2) is 14.6 Å². The third-order valence-electron chi connectivity index (χ3n) is 7.65. The Balaban J connectivity index is 1.37. The van der Waals surface area contributed by atoms with Crippen LogP contribution in [0.2, 0.25) is 0 Å². The molecule has 1 aromatic heterocycles. The van der Waals surface area contributed by atoms with Crippen molar-refractivity contribution in [3.63, 3.8) is 0 Å². The van der Waals surface area contributed by atoms with E-state index in [1.54, 1.807) is 18.2 Å². The minimum Gasteiger partial charge on any atom is -0.479 e. The number of nitrogens with one attached hydrogen (secondary N) is 2. The van der Waals surface area contributed by atoms with E-state index in [0.29, 0.717) is 21.9 Å². The SMILES string of the molecule is O=C(NC[C@@H](O)C(=O)O)c1ccc(CN(C(=O)Nc2nc3c(OC(F)(F)F)cccc3s2)c2ccc(C3CCCCC3)cc2)cc1. The molecule has 10 nitrogen and oxygen atoms in total. The Hall–Kier alpha value is -4.69. The van der Waals surface area contributed by atoms with Crippen molar-refractivity contribution >= 4 is 50.3 Å². The molecule has 1 aliphatic rings. The molecule has 0 radical (unpaired) electrons. The number of fused-ring (bicyclic) bond motifs is 1. The summed E-state index contributed by atoms with van der Waals surface area (Å²) in [6, 6.07) is 17.6. The van der Waals surface area contributed by atoms with Crippen molar-refractivity contribution in [3.05, 3.63) is 83.4 Å². The number of carboxylic acids is 1. The molecule has 1 aliphatic carbocycles. The van der Waals surface area contributed by atoms with Gasteiger partial charge in [0.25, 0.3) is 5.91 Å². The summed E-state index contributed by atoms with van der Waals surface area (Å²) in [7, 11) is 0. The number of amides is 3. The summed E-state index contributed by atoms with van der Waals surface area (Å²) in [4.78, 5) is 42.6. The molecule has 1 saturated carbocycles. The van der Waals surface area contributed by atoms with Gasteiger partial charge in [0.1, 0.15) is 5.52 Å². The van der Waals surface area contributed by atoms with Gasteiger partial charge in [0.15, 0.2) is 17.0 Å². The Bertz CT molecular complexity index is 1690. The maximum atomic E-state index is 13.7. The molecule has 242 valence electrons. The minimum absolute atomic E-state index is 0.0340. The number of benzene rings is 3. The van der Waals surface area contributed by atoms with Crippen molar-refractivity contribution in [2.75, 3.05) is 16.8 Å². The van der Waals surface area contributed by atoms with Gasteiger partial charge in [-0.1, -0.05) is 60.9 Å². The standard InChI is InChI=1S/C32H31F3N4O6S/c33-32(34,35)45-25-7-4-8-26-27(25)37-30(46-26)38-31(44)39(23-15-13-21(14-16-23)20-5-2-1-3-6-20)18-19-9-11-22(12-10-19)28(41)36-17-24(40)29(42)43/h4,7-16,20,24,40H,1-3,5-6,17-18H2,(H,36,41)(H,42,43)(H,37,38,44)/t24-/m1/s1. The third-order valence-corrected chi connectivity index (χ3v) is 8.58. The van der Waals surface area contributed by atoms with E-state index in [4.69, 9.17) is 5.11 Å². The lowest BCUT2D eigenvalue weighted by atomic mass is 9.84. The molecular formula is C32H31F3N4O6S. The highest BCUT2D eigenvalue weighted by molar-refractivity contribution is 7.22. The van der Waals surface area contributed by atoms with E-state index in [1.807, 2.05) is 24.3 Å². The van der Waals surface area contributed by atoms with E-state index in [-0.39, 0.29) is 22.8 Å². The van der Waals surface area contributed by atoms with Crippen LogP contribution in [0, 0.1) is 0 Å². The van der Waals surface area contributed by atoms with Crippen molar-refractivity contribution < 1.29 is 42.5 Å². The number of aromatic nitrogens is 1. The number of aliphatic hydroxyl groups is 1. The number of carbonyl (C=O) groups is 3. The molecule has 0 bridgehead atoms. The van der Waals surface area contributed by atoms with Crippen LogP contribution in [0.4, 0.5) is 28.8 Å². The lowest BCUT2D eigenvalue weighted by molar-refractivity contribution is -0.274. The number of nitrogens with zero attached hydrogens (tertiary/aromatic N) is 2. The number of carbonyl (C=O) groups excluding carboxylic acids is 2. The van der Waals surface area contributed by atoms with Crippen LogP contribution in [0.3, 0.4) is 0 Å². The van der Waals surface area contributed by atoms with Crippen molar-refractivity contribution in [2.45, 2.75) is 57.0 Å². The summed E-state index contributed by atoms with van der Waals surface area (Å²) in [5, 5.41) is 23.3. The second kappa shape index (κ2) is 14.2. The summed E-state index contributed by atoms with van der Waals surface area (Å²) in [5.74, 6) is -2.05. The monoisotopic (exact) mass is 656 g/mol. The summed E-state index contributed by atoms with van der Waals surface area (Å²) in [6.07, 6.45) is -0.855. The number of aliphatic carboxylic acids is 1. The molecule has 14 heteroatoms. The summed E-state index contributed by atoms with van der Waals surface area (Å²) in [6.45, 7) is -0.391. The highest BCUT2D eigenvalue weighted by Crippen LogP contribution is 2.36. The molecule has 0 aliphatic heterocycles. The quantitative estimate of drug-likeness (QED) is 0.150. The topological polar surface area (TPSA) is 141 Å². The molecule has 5 rings (SSSR count). The van der Waals surface area contributed by atoms with Crippen LogP contribution in [0.25, 0.3) is 10.2 Å². The molecule has 1 atom stereocenters. The zero-order chi connectivity index (χ0) is 32.8.